The lowest BCUT2D eigenvalue weighted by atomic mass is 10.2. The minimum absolute atomic E-state index is 0.0175. The third-order valence-electron chi connectivity index (χ3n) is 3.38. The van der Waals surface area contributed by atoms with Gasteiger partial charge in [0, 0.05) is 12.2 Å². The molecule has 0 bridgehead atoms. The highest BCUT2D eigenvalue weighted by atomic mass is 32.2. The van der Waals surface area contributed by atoms with E-state index in [9.17, 15) is 18.0 Å². The number of methoxy groups -OCH3 is 1. The smallest absolute Gasteiger partial charge is 0.411 e. The van der Waals surface area contributed by atoms with Crippen LogP contribution in [-0.4, -0.2) is 49.6 Å². The predicted octanol–water partition coefficient (Wildman–Crippen LogP) is 1.10. The first-order valence-corrected chi connectivity index (χ1v) is 8.00. The van der Waals surface area contributed by atoms with Gasteiger partial charge in [-0.1, -0.05) is 0 Å². The van der Waals surface area contributed by atoms with Gasteiger partial charge < -0.3 is 9.84 Å². The molecular formula is C13H16N2O6S. The fourth-order valence-corrected chi connectivity index (χ4v) is 3.94. The number of anilines is 1. The van der Waals surface area contributed by atoms with Gasteiger partial charge in [-0.2, -0.15) is 4.31 Å². The Morgan fingerprint density at radius 1 is 1.32 bits per heavy atom. The van der Waals surface area contributed by atoms with Gasteiger partial charge in [0.25, 0.3) is 0 Å². The number of rotatable bonds is 4. The zero-order valence-corrected chi connectivity index (χ0v) is 12.7. The number of hydrogen-bond donors (Lipinski definition) is 2. The molecule has 1 aliphatic heterocycles. The van der Waals surface area contributed by atoms with Crippen LogP contribution in [0.3, 0.4) is 0 Å². The fourth-order valence-electron chi connectivity index (χ4n) is 2.29. The number of nitrogens with zero attached hydrogens (tertiary/aromatic N) is 1. The summed E-state index contributed by atoms with van der Waals surface area (Å²) in [5.41, 5.74) is 0.377. The molecule has 1 heterocycles. The lowest BCUT2D eigenvalue weighted by molar-refractivity contribution is -0.140. The summed E-state index contributed by atoms with van der Waals surface area (Å²) in [4.78, 5) is 22.2. The third-order valence-corrected chi connectivity index (χ3v) is 5.30. The van der Waals surface area contributed by atoms with E-state index >= 15 is 0 Å². The number of ether oxygens (including phenoxy) is 1. The molecule has 1 aromatic rings. The molecule has 120 valence electrons. The van der Waals surface area contributed by atoms with Crippen LogP contribution in [0.4, 0.5) is 10.5 Å². The molecule has 1 saturated heterocycles. The molecule has 0 aliphatic carbocycles. The molecule has 9 heteroatoms. The number of benzene rings is 1. The Kier molecular flexibility index (Phi) is 4.67. The van der Waals surface area contributed by atoms with Gasteiger partial charge in [-0.05, 0) is 37.1 Å². The van der Waals surface area contributed by atoms with Crippen molar-refractivity contribution in [3.63, 3.8) is 0 Å². The molecule has 1 atom stereocenters. The molecule has 0 radical (unpaired) electrons. The summed E-state index contributed by atoms with van der Waals surface area (Å²) in [5.74, 6) is -1.15. The van der Waals surface area contributed by atoms with Crippen molar-refractivity contribution in [3.8, 4) is 0 Å². The van der Waals surface area contributed by atoms with Crippen molar-refractivity contribution in [2.45, 2.75) is 23.8 Å². The molecule has 2 N–H and O–H groups in total. The van der Waals surface area contributed by atoms with Crippen LogP contribution in [0.5, 0.6) is 0 Å². The van der Waals surface area contributed by atoms with E-state index in [1.165, 1.54) is 31.4 Å². The Hall–Kier alpha value is -2.13. The van der Waals surface area contributed by atoms with Gasteiger partial charge in [-0.3, -0.25) is 10.1 Å². The number of carboxylic acids is 1. The number of carboxylic acid groups (broad SMARTS) is 1. The fraction of sp³-hybridized carbons (Fsp3) is 0.385. The van der Waals surface area contributed by atoms with Crippen LogP contribution >= 0.6 is 0 Å². The van der Waals surface area contributed by atoms with E-state index in [1.54, 1.807) is 0 Å². The number of nitrogens with one attached hydrogen (secondary N) is 1. The molecule has 1 aromatic carbocycles. The molecule has 2 rings (SSSR count). The number of amides is 1. The molecular weight excluding hydrogens is 312 g/mol. The summed E-state index contributed by atoms with van der Waals surface area (Å²) >= 11 is 0. The Morgan fingerprint density at radius 3 is 2.50 bits per heavy atom. The van der Waals surface area contributed by atoms with Gasteiger partial charge in [-0.15, -0.1) is 0 Å². The lowest BCUT2D eigenvalue weighted by Crippen LogP contribution is -2.40. The quantitative estimate of drug-likeness (QED) is 0.856. The zero-order valence-electron chi connectivity index (χ0n) is 11.9. The van der Waals surface area contributed by atoms with Gasteiger partial charge in [-0.25, -0.2) is 13.2 Å². The second-order valence-electron chi connectivity index (χ2n) is 4.75. The van der Waals surface area contributed by atoms with Gasteiger partial charge in [0.1, 0.15) is 6.04 Å². The van der Waals surface area contributed by atoms with Crippen LogP contribution in [0.2, 0.25) is 0 Å². The molecule has 0 aromatic heterocycles. The molecule has 8 nitrogen and oxygen atoms in total. The van der Waals surface area contributed by atoms with Gasteiger partial charge >= 0.3 is 12.1 Å². The molecule has 1 aliphatic rings. The highest BCUT2D eigenvalue weighted by molar-refractivity contribution is 7.89. The largest absolute Gasteiger partial charge is 0.480 e. The van der Waals surface area contributed by atoms with Crippen LogP contribution in [0.15, 0.2) is 29.2 Å². The SMILES string of the molecule is COC(=O)Nc1ccc(S(=O)(=O)N2CCCC2C(=O)O)cc1. The Morgan fingerprint density at radius 2 is 1.95 bits per heavy atom. The van der Waals surface area contributed by atoms with Crippen LogP contribution in [0.1, 0.15) is 12.8 Å². The standard InChI is InChI=1S/C13H16N2O6S/c1-21-13(18)14-9-4-6-10(7-5-9)22(19,20)15-8-2-3-11(15)12(16)17/h4-7,11H,2-3,8H2,1H3,(H,14,18)(H,16,17). The van der Waals surface area contributed by atoms with Gasteiger partial charge in [0.2, 0.25) is 10.0 Å². The summed E-state index contributed by atoms with van der Waals surface area (Å²) in [6.45, 7) is 0.182. The highest BCUT2D eigenvalue weighted by Crippen LogP contribution is 2.26. The van der Waals surface area contributed by atoms with E-state index in [2.05, 4.69) is 10.1 Å². The van der Waals surface area contributed by atoms with Gasteiger partial charge in [0.05, 0.1) is 12.0 Å². The van der Waals surface area contributed by atoms with Crippen molar-refractivity contribution in [2.75, 3.05) is 19.0 Å². The average Bonchev–Trinajstić information content (AvgIpc) is 2.98. The van der Waals surface area contributed by atoms with E-state index in [-0.39, 0.29) is 11.4 Å². The molecule has 0 spiro atoms. The Bertz CT molecular complexity index is 670. The topological polar surface area (TPSA) is 113 Å². The summed E-state index contributed by atoms with van der Waals surface area (Å²) in [5, 5.41) is 11.5. The molecule has 22 heavy (non-hydrogen) atoms. The second kappa shape index (κ2) is 6.32. The zero-order chi connectivity index (χ0) is 16.3. The van der Waals surface area contributed by atoms with E-state index in [0.717, 1.165) is 4.31 Å². The van der Waals surface area contributed by atoms with Crippen LogP contribution in [0, 0.1) is 0 Å². The summed E-state index contributed by atoms with van der Waals surface area (Å²) < 4.78 is 30.4. The van der Waals surface area contributed by atoms with Crippen molar-refractivity contribution < 1.29 is 27.9 Å². The van der Waals surface area contributed by atoms with Crippen molar-refractivity contribution in [2.24, 2.45) is 0 Å². The first kappa shape index (κ1) is 16.2. The van der Waals surface area contributed by atoms with Crippen LogP contribution < -0.4 is 5.32 Å². The first-order valence-electron chi connectivity index (χ1n) is 6.56. The number of hydrogen-bond acceptors (Lipinski definition) is 5. The van der Waals surface area contributed by atoms with E-state index in [4.69, 9.17) is 5.11 Å². The van der Waals surface area contributed by atoms with Crippen molar-refractivity contribution in [3.05, 3.63) is 24.3 Å². The molecule has 0 saturated carbocycles. The summed E-state index contributed by atoms with van der Waals surface area (Å²) in [7, 11) is -2.66. The maximum absolute atomic E-state index is 12.5. The first-order chi connectivity index (χ1) is 10.4. The van der Waals surface area contributed by atoms with E-state index in [1.807, 2.05) is 0 Å². The molecule has 1 amide bonds. The highest BCUT2D eigenvalue weighted by Gasteiger charge is 2.39. The minimum Gasteiger partial charge on any atom is -0.480 e. The number of sulfonamides is 1. The van der Waals surface area contributed by atoms with Crippen molar-refractivity contribution in [1.82, 2.24) is 4.31 Å². The third kappa shape index (κ3) is 3.20. The number of carbonyl (C=O) groups excluding carboxylic acids is 1. The number of carbonyl (C=O) groups is 2. The lowest BCUT2D eigenvalue weighted by Gasteiger charge is -2.21. The normalized spacial score (nSPS) is 18.9. The molecule has 1 unspecified atom stereocenters. The average molecular weight is 328 g/mol. The van der Waals surface area contributed by atoms with E-state index in [0.29, 0.717) is 18.5 Å². The second-order valence-corrected chi connectivity index (χ2v) is 6.64. The van der Waals surface area contributed by atoms with Crippen molar-refractivity contribution in [1.29, 1.82) is 0 Å². The maximum Gasteiger partial charge on any atom is 0.411 e. The molecule has 1 fully saturated rings. The Balaban J connectivity index is 2.23. The summed E-state index contributed by atoms with van der Waals surface area (Å²) in [6, 6.07) is 4.43. The Labute approximate surface area is 127 Å². The number of aliphatic carboxylic acids is 1. The van der Waals surface area contributed by atoms with Crippen LogP contribution in [-0.2, 0) is 19.6 Å². The monoisotopic (exact) mass is 328 g/mol. The van der Waals surface area contributed by atoms with Crippen molar-refractivity contribution >= 4 is 27.8 Å². The van der Waals surface area contributed by atoms with Gasteiger partial charge in [0.15, 0.2) is 0 Å². The predicted molar refractivity (Wildman–Crippen MR) is 77.0 cm³/mol. The maximum atomic E-state index is 12.5. The summed E-state index contributed by atoms with van der Waals surface area (Å²) in [6.07, 6.45) is 0.149. The van der Waals surface area contributed by atoms with Crippen LogP contribution in [0.25, 0.3) is 0 Å². The minimum atomic E-state index is -3.88. The van der Waals surface area contributed by atoms with E-state index < -0.39 is 28.1 Å².